The fourth-order valence-electron chi connectivity index (χ4n) is 2.11. The Kier molecular flexibility index (Phi) is 5.29. The van der Waals surface area contributed by atoms with Gasteiger partial charge in [-0.2, -0.15) is 0 Å². The van der Waals surface area contributed by atoms with Crippen molar-refractivity contribution in [2.24, 2.45) is 0 Å². The van der Waals surface area contributed by atoms with Crippen LogP contribution in [0.4, 0.5) is 0 Å². The third kappa shape index (κ3) is 3.91. The highest BCUT2D eigenvalue weighted by Crippen LogP contribution is 2.21. The molecule has 2 aromatic carbocycles. The fraction of sp³-hybridized carbons (Fsp3) is 0.188. The monoisotopic (exact) mass is 270 g/mol. The van der Waals surface area contributed by atoms with Crippen LogP contribution in [0, 0.1) is 0 Å². The molecule has 0 bridgehead atoms. The lowest BCUT2D eigenvalue weighted by Gasteiger charge is -2.19. The zero-order valence-corrected chi connectivity index (χ0v) is 11.1. The molecule has 0 aliphatic heterocycles. The van der Waals surface area contributed by atoms with Crippen molar-refractivity contribution in [3.05, 3.63) is 71.8 Å². The molecule has 0 spiro atoms. The Bertz CT molecular complexity index is 489. The molecule has 104 valence electrons. The van der Waals surface area contributed by atoms with Crippen molar-refractivity contribution < 1.29 is 10.0 Å². The third-order valence-electron chi connectivity index (χ3n) is 3.09. The average Bonchev–Trinajstić information content (AvgIpc) is 2.53. The first-order chi connectivity index (χ1) is 9.81. The second-order valence-electron chi connectivity index (χ2n) is 4.49. The molecule has 4 nitrogen and oxygen atoms in total. The summed E-state index contributed by atoms with van der Waals surface area (Å²) in [7, 11) is 0. The first-order valence-electron chi connectivity index (χ1n) is 6.57. The van der Waals surface area contributed by atoms with E-state index in [1.807, 2.05) is 36.4 Å². The number of hydrogen-bond acceptors (Lipinski definition) is 3. The summed E-state index contributed by atoms with van der Waals surface area (Å²) in [6.07, 6.45) is 0.229. The largest absolute Gasteiger partial charge is 0.306 e. The van der Waals surface area contributed by atoms with Gasteiger partial charge in [0.05, 0.1) is 6.04 Å². The highest BCUT2D eigenvalue weighted by Gasteiger charge is 2.13. The molecule has 0 atom stereocenters. The van der Waals surface area contributed by atoms with Crippen LogP contribution in [0.1, 0.15) is 23.6 Å². The van der Waals surface area contributed by atoms with E-state index in [-0.39, 0.29) is 12.5 Å². The van der Waals surface area contributed by atoms with Gasteiger partial charge in [0.1, 0.15) is 0 Å². The summed E-state index contributed by atoms with van der Waals surface area (Å²) in [6, 6.07) is 20.2. The maximum absolute atomic E-state index is 11.1. The van der Waals surface area contributed by atoms with Crippen LogP contribution in [0.25, 0.3) is 0 Å². The maximum Gasteiger partial charge on any atom is 0.244 e. The van der Waals surface area contributed by atoms with E-state index >= 15 is 0 Å². The molecule has 4 heteroatoms. The summed E-state index contributed by atoms with van der Waals surface area (Å²) >= 11 is 0. The molecule has 0 aliphatic carbocycles. The molecular formula is C16H18N2O2. The Morgan fingerprint density at radius 1 is 0.950 bits per heavy atom. The quantitative estimate of drug-likeness (QED) is 0.557. The van der Waals surface area contributed by atoms with Crippen molar-refractivity contribution in [2.45, 2.75) is 12.5 Å². The number of carbonyl (C=O) groups is 1. The van der Waals surface area contributed by atoms with Crippen molar-refractivity contribution in [3.63, 3.8) is 0 Å². The maximum atomic E-state index is 11.1. The first kappa shape index (κ1) is 14.2. The summed E-state index contributed by atoms with van der Waals surface area (Å²) in [5, 5.41) is 11.9. The molecule has 0 saturated heterocycles. The molecule has 0 aromatic heterocycles. The normalized spacial score (nSPS) is 10.5. The average molecular weight is 270 g/mol. The smallest absolute Gasteiger partial charge is 0.244 e. The van der Waals surface area contributed by atoms with Gasteiger partial charge in [0.25, 0.3) is 0 Å². The van der Waals surface area contributed by atoms with Crippen molar-refractivity contribution in [3.8, 4) is 0 Å². The SMILES string of the molecule is O=C(CCNC(c1ccccc1)c1ccccc1)NO. The molecule has 0 heterocycles. The predicted molar refractivity (Wildman–Crippen MR) is 77.3 cm³/mol. The Balaban J connectivity index is 2.11. The Morgan fingerprint density at radius 3 is 1.90 bits per heavy atom. The zero-order valence-electron chi connectivity index (χ0n) is 11.1. The van der Waals surface area contributed by atoms with Crippen LogP contribution in [-0.4, -0.2) is 17.7 Å². The van der Waals surface area contributed by atoms with Gasteiger partial charge in [0.2, 0.25) is 5.91 Å². The molecule has 0 unspecified atom stereocenters. The van der Waals surface area contributed by atoms with Crippen molar-refractivity contribution >= 4 is 5.91 Å². The molecular weight excluding hydrogens is 252 g/mol. The number of amides is 1. The van der Waals surface area contributed by atoms with Gasteiger partial charge in [0.15, 0.2) is 0 Å². The number of carbonyl (C=O) groups excluding carboxylic acids is 1. The van der Waals surface area contributed by atoms with Gasteiger partial charge in [-0.25, -0.2) is 5.48 Å². The van der Waals surface area contributed by atoms with E-state index in [2.05, 4.69) is 29.6 Å². The van der Waals surface area contributed by atoms with Gasteiger partial charge in [-0.05, 0) is 11.1 Å². The van der Waals surface area contributed by atoms with E-state index < -0.39 is 5.91 Å². The van der Waals surface area contributed by atoms with Crippen LogP contribution >= 0.6 is 0 Å². The Morgan fingerprint density at radius 2 is 1.45 bits per heavy atom. The van der Waals surface area contributed by atoms with Gasteiger partial charge in [0, 0.05) is 13.0 Å². The van der Waals surface area contributed by atoms with Crippen LogP contribution in [0.5, 0.6) is 0 Å². The van der Waals surface area contributed by atoms with Gasteiger partial charge < -0.3 is 5.32 Å². The molecule has 0 radical (unpaired) electrons. The van der Waals surface area contributed by atoms with Crippen molar-refractivity contribution in [2.75, 3.05) is 6.54 Å². The van der Waals surface area contributed by atoms with Gasteiger partial charge in [-0.3, -0.25) is 10.0 Å². The van der Waals surface area contributed by atoms with Gasteiger partial charge in [-0.1, -0.05) is 60.7 Å². The molecule has 1 amide bonds. The van der Waals surface area contributed by atoms with Crippen LogP contribution < -0.4 is 10.8 Å². The second kappa shape index (κ2) is 7.43. The zero-order chi connectivity index (χ0) is 14.2. The minimum Gasteiger partial charge on any atom is -0.306 e. The molecule has 0 saturated carbocycles. The molecule has 20 heavy (non-hydrogen) atoms. The number of nitrogens with one attached hydrogen (secondary N) is 2. The number of hydroxylamine groups is 1. The minimum atomic E-state index is -0.391. The van der Waals surface area contributed by atoms with Crippen LogP contribution in [-0.2, 0) is 4.79 Å². The van der Waals surface area contributed by atoms with Crippen LogP contribution in [0.2, 0.25) is 0 Å². The van der Waals surface area contributed by atoms with E-state index in [4.69, 9.17) is 5.21 Å². The number of hydrogen-bond donors (Lipinski definition) is 3. The van der Waals surface area contributed by atoms with Gasteiger partial charge in [-0.15, -0.1) is 0 Å². The van der Waals surface area contributed by atoms with Crippen molar-refractivity contribution in [1.29, 1.82) is 0 Å². The summed E-state index contributed by atoms with van der Waals surface area (Å²) < 4.78 is 0. The molecule has 0 fully saturated rings. The van der Waals surface area contributed by atoms with E-state index in [1.54, 1.807) is 5.48 Å². The van der Waals surface area contributed by atoms with E-state index in [0.717, 1.165) is 11.1 Å². The van der Waals surface area contributed by atoms with Gasteiger partial charge >= 0.3 is 0 Å². The summed E-state index contributed by atoms with van der Waals surface area (Å²) in [4.78, 5) is 11.1. The van der Waals surface area contributed by atoms with Crippen molar-refractivity contribution in [1.82, 2.24) is 10.8 Å². The van der Waals surface area contributed by atoms with Crippen LogP contribution in [0.3, 0.4) is 0 Å². The fourth-order valence-corrected chi connectivity index (χ4v) is 2.11. The van der Waals surface area contributed by atoms with E-state index in [0.29, 0.717) is 6.54 Å². The molecule has 2 aromatic rings. The summed E-state index contributed by atoms with van der Waals surface area (Å²) in [5.74, 6) is -0.391. The summed E-state index contributed by atoms with van der Waals surface area (Å²) in [5.41, 5.74) is 3.92. The Hall–Kier alpha value is -2.17. The lowest BCUT2D eigenvalue weighted by Crippen LogP contribution is -2.28. The van der Waals surface area contributed by atoms with Crippen LogP contribution in [0.15, 0.2) is 60.7 Å². The summed E-state index contributed by atoms with van der Waals surface area (Å²) in [6.45, 7) is 0.487. The van der Waals surface area contributed by atoms with E-state index in [9.17, 15) is 4.79 Å². The van der Waals surface area contributed by atoms with E-state index in [1.165, 1.54) is 0 Å². The predicted octanol–water partition coefficient (Wildman–Crippen LogP) is 2.26. The lowest BCUT2D eigenvalue weighted by atomic mass is 9.99. The topological polar surface area (TPSA) is 61.4 Å². The molecule has 2 rings (SSSR count). The highest BCUT2D eigenvalue weighted by atomic mass is 16.5. The number of benzene rings is 2. The first-order valence-corrected chi connectivity index (χ1v) is 6.57. The number of rotatable bonds is 6. The molecule has 3 N–H and O–H groups in total. The minimum absolute atomic E-state index is 0.0314. The lowest BCUT2D eigenvalue weighted by molar-refractivity contribution is -0.129. The second-order valence-corrected chi connectivity index (χ2v) is 4.49. The molecule has 0 aliphatic rings. The highest BCUT2D eigenvalue weighted by molar-refractivity contribution is 5.74. The Labute approximate surface area is 118 Å². The standard InChI is InChI=1S/C16H18N2O2/c19-15(18-20)11-12-17-16(13-7-3-1-4-8-13)14-9-5-2-6-10-14/h1-10,16-17,20H,11-12H2,(H,18,19). The third-order valence-corrected chi connectivity index (χ3v) is 3.09.